The lowest BCUT2D eigenvalue weighted by molar-refractivity contribution is 0.0939. The number of hydrogen-bond donors (Lipinski definition) is 1. The summed E-state index contributed by atoms with van der Waals surface area (Å²) in [7, 11) is 0. The summed E-state index contributed by atoms with van der Waals surface area (Å²) in [6.45, 7) is 2.30. The van der Waals surface area contributed by atoms with E-state index >= 15 is 0 Å². The molecule has 1 unspecified atom stereocenters. The minimum absolute atomic E-state index is 0.0122. The van der Waals surface area contributed by atoms with Crippen LogP contribution in [0.4, 0.5) is 11.4 Å². The molecule has 0 radical (unpaired) electrons. The standard InChI is InChI=1S/C19H18N4O4/c1-12-16(9-20)18(25)23(10-15-3-2-8-27-15)19(26)17(12)22-21-14-6-4-13(11-24)5-7-14/h4-7,11,15,25H,2-3,8,10H2,1H3. The second-order valence-corrected chi connectivity index (χ2v) is 6.24. The first-order chi connectivity index (χ1) is 13.0. The van der Waals surface area contributed by atoms with Crippen molar-refractivity contribution in [1.29, 1.82) is 5.26 Å². The maximum Gasteiger partial charge on any atom is 0.281 e. The quantitative estimate of drug-likeness (QED) is 0.644. The van der Waals surface area contributed by atoms with Crippen molar-refractivity contribution in [3.8, 4) is 11.9 Å². The highest BCUT2D eigenvalue weighted by Gasteiger charge is 2.23. The summed E-state index contributed by atoms with van der Waals surface area (Å²) in [5, 5.41) is 27.8. The number of hydrogen-bond acceptors (Lipinski definition) is 7. The molecule has 138 valence electrons. The van der Waals surface area contributed by atoms with Crippen molar-refractivity contribution in [2.45, 2.75) is 32.4 Å². The van der Waals surface area contributed by atoms with Crippen LogP contribution in [0.3, 0.4) is 0 Å². The van der Waals surface area contributed by atoms with Gasteiger partial charge in [-0.2, -0.15) is 10.4 Å². The van der Waals surface area contributed by atoms with E-state index in [0.29, 0.717) is 24.1 Å². The summed E-state index contributed by atoms with van der Waals surface area (Å²) in [6, 6.07) is 8.28. The molecule has 3 rings (SSSR count). The normalized spacial score (nSPS) is 16.5. The van der Waals surface area contributed by atoms with Crippen LogP contribution in [0.15, 0.2) is 39.3 Å². The van der Waals surface area contributed by atoms with E-state index in [9.17, 15) is 20.0 Å². The van der Waals surface area contributed by atoms with Gasteiger partial charge in [0.2, 0.25) is 5.88 Å². The number of pyridine rings is 1. The van der Waals surface area contributed by atoms with Crippen molar-refractivity contribution < 1.29 is 14.6 Å². The lowest BCUT2D eigenvalue weighted by Gasteiger charge is -2.16. The van der Waals surface area contributed by atoms with E-state index in [2.05, 4.69) is 10.2 Å². The van der Waals surface area contributed by atoms with Gasteiger partial charge in [-0.3, -0.25) is 14.2 Å². The van der Waals surface area contributed by atoms with Crippen LogP contribution >= 0.6 is 0 Å². The van der Waals surface area contributed by atoms with E-state index < -0.39 is 5.56 Å². The summed E-state index contributed by atoms with van der Waals surface area (Å²) < 4.78 is 6.64. The number of ether oxygens (including phenoxy) is 1. The number of carbonyl (C=O) groups is 1. The molecule has 1 aromatic carbocycles. The van der Waals surface area contributed by atoms with Crippen LogP contribution in [-0.2, 0) is 11.3 Å². The lowest BCUT2D eigenvalue weighted by Crippen LogP contribution is -2.27. The molecule has 1 fully saturated rings. The van der Waals surface area contributed by atoms with E-state index in [1.165, 1.54) is 0 Å². The molecule has 0 aliphatic carbocycles. The average Bonchev–Trinajstić information content (AvgIpc) is 3.19. The van der Waals surface area contributed by atoms with Gasteiger partial charge in [-0.05, 0) is 44.0 Å². The number of nitrogens with zero attached hydrogens (tertiary/aromatic N) is 4. The minimum atomic E-state index is -0.534. The Morgan fingerprint density at radius 1 is 1.37 bits per heavy atom. The SMILES string of the molecule is Cc1c(C#N)c(O)n(CC2CCCO2)c(=O)c1N=Nc1ccc(C=O)cc1. The Labute approximate surface area is 155 Å². The second-order valence-electron chi connectivity index (χ2n) is 6.24. The molecule has 0 bridgehead atoms. The molecule has 27 heavy (non-hydrogen) atoms. The zero-order valence-electron chi connectivity index (χ0n) is 14.8. The summed E-state index contributed by atoms with van der Waals surface area (Å²) in [4.78, 5) is 23.5. The smallest absolute Gasteiger partial charge is 0.281 e. The van der Waals surface area contributed by atoms with Crippen LogP contribution in [0.5, 0.6) is 5.88 Å². The van der Waals surface area contributed by atoms with Gasteiger partial charge in [-0.25, -0.2) is 0 Å². The molecule has 0 spiro atoms. The third-order valence-corrected chi connectivity index (χ3v) is 4.47. The zero-order valence-corrected chi connectivity index (χ0v) is 14.8. The van der Waals surface area contributed by atoms with Crippen molar-refractivity contribution in [3.63, 3.8) is 0 Å². The summed E-state index contributed by atoms with van der Waals surface area (Å²) in [5.74, 6) is -0.384. The molecule has 1 saturated heterocycles. The first kappa shape index (κ1) is 18.5. The number of nitriles is 1. The molecule has 8 heteroatoms. The highest BCUT2D eigenvalue weighted by molar-refractivity contribution is 5.75. The van der Waals surface area contributed by atoms with Crippen molar-refractivity contribution >= 4 is 17.7 Å². The molecule has 8 nitrogen and oxygen atoms in total. The predicted octanol–water partition coefficient (Wildman–Crippen LogP) is 3.14. The number of aldehydes is 1. The summed E-state index contributed by atoms with van der Waals surface area (Å²) >= 11 is 0. The van der Waals surface area contributed by atoms with Crippen LogP contribution in [0, 0.1) is 18.3 Å². The molecule has 0 saturated carbocycles. The summed E-state index contributed by atoms with van der Waals surface area (Å²) in [5.41, 5.74) is 0.654. The molecule has 1 atom stereocenters. The first-order valence-corrected chi connectivity index (χ1v) is 8.50. The van der Waals surface area contributed by atoms with Crippen LogP contribution in [0.25, 0.3) is 0 Å². The largest absolute Gasteiger partial charge is 0.493 e. The minimum Gasteiger partial charge on any atom is -0.493 e. The van der Waals surface area contributed by atoms with Crippen LogP contribution in [-0.4, -0.2) is 28.7 Å². The molecule has 2 aromatic rings. The monoisotopic (exact) mass is 366 g/mol. The predicted molar refractivity (Wildman–Crippen MR) is 96.8 cm³/mol. The van der Waals surface area contributed by atoms with Crippen LogP contribution in [0.2, 0.25) is 0 Å². The van der Waals surface area contributed by atoms with Gasteiger partial charge in [0, 0.05) is 17.7 Å². The number of carbonyl (C=O) groups excluding carboxylic acids is 1. The highest BCUT2D eigenvalue weighted by Crippen LogP contribution is 2.28. The van der Waals surface area contributed by atoms with Gasteiger partial charge in [0.05, 0.1) is 18.3 Å². The Morgan fingerprint density at radius 3 is 2.70 bits per heavy atom. The van der Waals surface area contributed by atoms with Crippen molar-refractivity contribution in [1.82, 2.24) is 4.57 Å². The van der Waals surface area contributed by atoms with Gasteiger partial charge in [0.1, 0.15) is 17.9 Å². The molecule has 1 aliphatic rings. The molecule has 1 N–H and O–H groups in total. The number of azo groups is 1. The molecular weight excluding hydrogens is 348 g/mol. The van der Waals surface area contributed by atoms with Gasteiger partial charge >= 0.3 is 0 Å². The third kappa shape index (κ3) is 3.78. The van der Waals surface area contributed by atoms with Gasteiger partial charge in [0.25, 0.3) is 5.56 Å². The average molecular weight is 366 g/mol. The highest BCUT2D eigenvalue weighted by atomic mass is 16.5. The Kier molecular flexibility index (Phi) is 5.43. The second kappa shape index (κ2) is 7.93. The number of aromatic hydroxyl groups is 1. The number of aromatic nitrogens is 1. The van der Waals surface area contributed by atoms with Crippen molar-refractivity contribution in [2.24, 2.45) is 10.2 Å². The number of rotatable bonds is 5. The molecule has 1 aliphatic heterocycles. The maximum atomic E-state index is 12.8. The molecule has 2 heterocycles. The van der Waals surface area contributed by atoms with E-state index in [-0.39, 0.29) is 35.3 Å². The fraction of sp³-hybridized carbons (Fsp3) is 0.316. The van der Waals surface area contributed by atoms with E-state index in [1.807, 2.05) is 6.07 Å². The van der Waals surface area contributed by atoms with Gasteiger partial charge < -0.3 is 9.84 Å². The topological polar surface area (TPSA) is 117 Å². The Bertz CT molecular complexity index is 981. The van der Waals surface area contributed by atoms with Gasteiger partial charge in [-0.1, -0.05) is 0 Å². The van der Waals surface area contributed by atoms with Crippen LogP contribution in [0.1, 0.15) is 34.3 Å². The summed E-state index contributed by atoms with van der Waals surface area (Å²) in [6.07, 6.45) is 2.19. The number of benzene rings is 1. The Morgan fingerprint density at radius 2 is 2.11 bits per heavy atom. The third-order valence-electron chi connectivity index (χ3n) is 4.47. The fourth-order valence-electron chi connectivity index (χ4n) is 2.95. The molecule has 1 aromatic heterocycles. The van der Waals surface area contributed by atoms with Gasteiger partial charge in [-0.15, -0.1) is 5.11 Å². The fourth-order valence-corrected chi connectivity index (χ4v) is 2.95. The Balaban J connectivity index is 2.02. The van der Waals surface area contributed by atoms with Crippen molar-refractivity contribution in [3.05, 3.63) is 51.3 Å². The van der Waals surface area contributed by atoms with Gasteiger partial charge in [0.15, 0.2) is 5.69 Å². The zero-order chi connectivity index (χ0) is 19.4. The van der Waals surface area contributed by atoms with E-state index in [4.69, 9.17) is 4.74 Å². The lowest BCUT2D eigenvalue weighted by atomic mass is 10.1. The van der Waals surface area contributed by atoms with Crippen LogP contribution < -0.4 is 5.56 Å². The first-order valence-electron chi connectivity index (χ1n) is 8.50. The molecule has 0 amide bonds. The van der Waals surface area contributed by atoms with E-state index in [0.717, 1.165) is 17.4 Å². The maximum absolute atomic E-state index is 12.8. The van der Waals surface area contributed by atoms with E-state index in [1.54, 1.807) is 31.2 Å². The Hall–Kier alpha value is -3.31. The molecular formula is C19H18N4O4. The van der Waals surface area contributed by atoms with Crippen molar-refractivity contribution in [2.75, 3.05) is 6.61 Å².